The zero-order valence-corrected chi connectivity index (χ0v) is 13.0. The van der Waals surface area contributed by atoms with Crippen molar-refractivity contribution < 1.29 is 4.79 Å². The van der Waals surface area contributed by atoms with Gasteiger partial charge in [-0.2, -0.15) is 11.8 Å². The summed E-state index contributed by atoms with van der Waals surface area (Å²) in [5, 5.41) is 3.59. The fraction of sp³-hybridized carbons (Fsp3) is 0.846. The number of hydrogen-bond acceptors (Lipinski definition) is 3. The van der Waals surface area contributed by atoms with Gasteiger partial charge in [0.1, 0.15) is 0 Å². The molecule has 0 radical (unpaired) electrons. The molecule has 1 aliphatic carbocycles. The highest BCUT2D eigenvalue weighted by Crippen LogP contribution is 2.36. The third kappa shape index (κ3) is 3.85. The Morgan fingerprint density at radius 2 is 2.06 bits per heavy atom. The summed E-state index contributed by atoms with van der Waals surface area (Å²) < 4.78 is 0. The summed E-state index contributed by atoms with van der Waals surface area (Å²) in [5.74, 6) is 0.0444. The third-order valence-electron chi connectivity index (χ3n) is 3.85. The predicted molar refractivity (Wildman–Crippen MR) is 82.9 cm³/mol. The first-order chi connectivity index (χ1) is 8.53. The highest BCUT2D eigenvalue weighted by Gasteiger charge is 2.42. The first-order valence-corrected chi connectivity index (χ1v) is 8.33. The molecule has 1 saturated carbocycles. The van der Waals surface area contributed by atoms with Crippen LogP contribution in [0.25, 0.3) is 0 Å². The van der Waals surface area contributed by atoms with E-state index in [1.807, 2.05) is 11.8 Å². The van der Waals surface area contributed by atoms with Gasteiger partial charge in [-0.15, -0.1) is 0 Å². The molecule has 3 N–H and O–H groups in total. The minimum atomic E-state index is -0.573. The van der Waals surface area contributed by atoms with E-state index in [2.05, 4.69) is 18.5 Å². The van der Waals surface area contributed by atoms with Gasteiger partial charge >= 0.3 is 0 Å². The van der Waals surface area contributed by atoms with Crippen LogP contribution in [0.15, 0.2) is 0 Å². The van der Waals surface area contributed by atoms with Crippen LogP contribution in [-0.4, -0.2) is 28.9 Å². The van der Waals surface area contributed by atoms with Crippen molar-refractivity contribution in [3.05, 3.63) is 0 Å². The van der Waals surface area contributed by atoms with Crippen LogP contribution >= 0.6 is 24.0 Å². The van der Waals surface area contributed by atoms with E-state index < -0.39 is 5.41 Å². The maximum atomic E-state index is 12.3. The summed E-state index contributed by atoms with van der Waals surface area (Å²) in [6, 6.07) is 0. The van der Waals surface area contributed by atoms with Crippen LogP contribution in [0, 0.1) is 5.41 Å². The molecule has 1 amide bonds. The molecule has 1 fully saturated rings. The minimum absolute atomic E-state index is 0.0444. The van der Waals surface area contributed by atoms with E-state index in [9.17, 15) is 4.79 Å². The van der Waals surface area contributed by atoms with Gasteiger partial charge in [0.25, 0.3) is 0 Å². The average Bonchev–Trinajstić information content (AvgIpc) is 2.38. The molecular formula is C13H24N2OS2. The normalized spacial score (nSPS) is 20.1. The topological polar surface area (TPSA) is 55.1 Å². The number of thioether (sulfide) groups is 1. The van der Waals surface area contributed by atoms with Crippen molar-refractivity contribution in [2.24, 2.45) is 11.1 Å². The van der Waals surface area contributed by atoms with Gasteiger partial charge < -0.3 is 11.1 Å². The van der Waals surface area contributed by atoms with Crippen LogP contribution in [0.4, 0.5) is 0 Å². The molecule has 0 aromatic heterocycles. The molecule has 0 aromatic carbocycles. The van der Waals surface area contributed by atoms with Gasteiger partial charge in [-0.1, -0.05) is 38.4 Å². The number of nitrogens with two attached hydrogens (primary N) is 1. The lowest BCUT2D eigenvalue weighted by atomic mass is 9.73. The van der Waals surface area contributed by atoms with E-state index in [1.165, 1.54) is 6.42 Å². The SMILES string of the molecule is CSC(C)CCNC(=O)C1(C(N)=S)CCCCC1. The molecular weight excluding hydrogens is 264 g/mol. The summed E-state index contributed by atoms with van der Waals surface area (Å²) in [7, 11) is 0. The number of amides is 1. The minimum Gasteiger partial charge on any atom is -0.392 e. The standard InChI is InChI=1S/C13H24N2OS2/c1-10(18-2)6-9-15-12(16)13(11(14)17)7-4-3-5-8-13/h10H,3-9H2,1-2H3,(H2,14,17)(H,15,16). The quantitative estimate of drug-likeness (QED) is 0.737. The number of carbonyl (C=O) groups excluding carboxylic acids is 1. The van der Waals surface area contributed by atoms with Gasteiger partial charge in [-0.3, -0.25) is 4.79 Å². The smallest absolute Gasteiger partial charge is 0.233 e. The van der Waals surface area contributed by atoms with Crippen molar-refractivity contribution in [1.82, 2.24) is 5.32 Å². The van der Waals surface area contributed by atoms with Crippen LogP contribution in [0.1, 0.15) is 45.4 Å². The van der Waals surface area contributed by atoms with Crippen LogP contribution in [0.5, 0.6) is 0 Å². The molecule has 0 spiro atoms. The highest BCUT2D eigenvalue weighted by molar-refractivity contribution is 7.99. The van der Waals surface area contributed by atoms with Gasteiger partial charge in [-0.25, -0.2) is 0 Å². The van der Waals surface area contributed by atoms with E-state index in [0.29, 0.717) is 16.8 Å². The zero-order chi connectivity index (χ0) is 13.6. The zero-order valence-electron chi connectivity index (χ0n) is 11.3. The summed E-state index contributed by atoms with van der Waals surface area (Å²) in [6.07, 6.45) is 7.97. The Kier molecular flexibility index (Phi) is 6.43. The molecule has 0 heterocycles. The molecule has 1 atom stereocenters. The molecule has 0 saturated heterocycles. The molecule has 3 nitrogen and oxygen atoms in total. The van der Waals surface area contributed by atoms with E-state index in [1.54, 1.807) is 0 Å². The van der Waals surface area contributed by atoms with Gasteiger partial charge in [0, 0.05) is 11.8 Å². The first-order valence-electron chi connectivity index (χ1n) is 6.64. The van der Waals surface area contributed by atoms with Crippen molar-refractivity contribution in [2.75, 3.05) is 12.8 Å². The fourth-order valence-electron chi connectivity index (χ4n) is 2.42. The molecule has 104 valence electrons. The van der Waals surface area contributed by atoms with Gasteiger partial charge in [-0.05, 0) is 25.5 Å². The van der Waals surface area contributed by atoms with Crippen LogP contribution < -0.4 is 11.1 Å². The number of nitrogens with one attached hydrogen (secondary N) is 1. The van der Waals surface area contributed by atoms with E-state index in [-0.39, 0.29) is 5.91 Å². The molecule has 1 unspecified atom stereocenters. The summed E-state index contributed by atoms with van der Waals surface area (Å²) in [5.41, 5.74) is 5.25. The summed E-state index contributed by atoms with van der Waals surface area (Å²) in [4.78, 5) is 12.7. The van der Waals surface area contributed by atoms with Crippen LogP contribution in [0.2, 0.25) is 0 Å². The Hall–Kier alpha value is -0.290. The second kappa shape index (κ2) is 7.34. The van der Waals surface area contributed by atoms with Gasteiger partial charge in [0.05, 0.1) is 10.4 Å². The monoisotopic (exact) mass is 288 g/mol. The lowest BCUT2D eigenvalue weighted by Crippen LogP contribution is -2.50. The van der Waals surface area contributed by atoms with E-state index in [0.717, 1.165) is 32.1 Å². The second-order valence-electron chi connectivity index (χ2n) is 5.10. The summed E-state index contributed by atoms with van der Waals surface area (Å²) in [6.45, 7) is 2.88. The Bertz CT molecular complexity index is 301. The van der Waals surface area contributed by atoms with Crippen LogP contribution in [-0.2, 0) is 4.79 Å². The average molecular weight is 288 g/mol. The molecule has 1 aliphatic rings. The number of thiocarbonyl (C=S) groups is 1. The highest BCUT2D eigenvalue weighted by atomic mass is 32.2. The molecule has 0 bridgehead atoms. The summed E-state index contributed by atoms with van der Waals surface area (Å²) >= 11 is 6.96. The van der Waals surface area contributed by atoms with Gasteiger partial charge in [0.2, 0.25) is 5.91 Å². The Balaban J connectivity index is 2.53. The van der Waals surface area contributed by atoms with Crippen molar-refractivity contribution in [1.29, 1.82) is 0 Å². The molecule has 0 aliphatic heterocycles. The first kappa shape index (κ1) is 15.8. The molecule has 18 heavy (non-hydrogen) atoms. The van der Waals surface area contributed by atoms with E-state index >= 15 is 0 Å². The third-order valence-corrected chi connectivity index (χ3v) is 5.28. The Labute approximate surface area is 120 Å². The van der Waals surface area contributed by atoms with Crippen LogP contribution in [0.3, 0.4) is 0 Å². The molecule has 0 aromatic rings. The molecule has 1 rings (SSSR count). The number of carbonyl (C=O) groups is 1. The largest absolute Gasteiger partial charge is 0.392 e. The Morgan fingerprint density at radius 3 is 2.56 bits per heavy atom. The van der Waals surface area contributed by atoms with Crippen molar-refractivity contribution in [3.8, 4) is 0 Å². The predicted octanol–water partition coefficient (Wildman–Crippen LogP) is 2.48. The fourth-order valence-corrected chi connectivity index (χ4v) is 3.07. The second-order valence-corrected chi connectivity index (χ2v) is 6.81. The maximum absolute atomic E-state index is 12.3. The van der Waals surface area contributed by atoms with Gasteiger partial charge in [0.15, 0.2) is 0 Å². The number of rotatable bonds is 6. The van der Waals surface area contributed by atoms with E-state index in [4.69, 9.17) is 18.0 Å². The lowest BCUT2D eigenvalue weighted by Gasteiger charge is -2.34. The van der Waals surface area contributed by atoms with Crippen molar-refractivity contribution in [2.45, 2.75) is 50.7 Å². The molecule has 5 heteroatoms. The maximum Gasteiger partial charge on any atom is 0.233 e. The van der Waals surface area contributed by atoms with Crippen molar-refractivity contribution >= 4 is 34.9 Å². The van der Waals surface area contributed by atoms with Crippen molar-refractivity contribution in [3.63, 3.8) is 0 Å². The lowest BCUT2D eigenvalue weighted by molar-refractivity contribution is -0.128. The number of hydrogen-bond donors (Lipinski definition) is 2. The Morgan fingerprint density at radius 1 is 1.44 bits per heavy atom.